The Labute approximate surface area is 152 Å². The SMILES string of the molecule is CCC(C(=O)NC)n1cnc(-c2ccccc2)c1-c1ccc(F)c(C)c1. The lowest BCUT2D eigenvalue weighted by atomic mass is 10.0. The van der Waals surface area contributed by atoms with Crippen LogP contribution < -0.4 is 5.32 Å². The van der Waals surface area contributed by atoms with Crippen LogP contribution in [0, 0.1) is 12.7 Å². The van der Waals surface area contributed by atoms with Gasteiger partial charge in [0.15, 0.2) is 0 Å². The van der Waals surface area contributed by atoms with E-state index in [0.29, 0.717) is 12.0 Å². The molecule has 0 aliphatic heterocycles. The molecule has 134 valence electrons. The topological polar surface area (TPSA) is 46.9 Å². The van der Waals surface area contributed by atoms with E-state index < -0.39 is 0 Å². The Morgan fingerprint density at radius 2 is 1.92 bits per heavy atom. The number of nitrogens with zero attached hydrogens (tertiary/aromatic N) is 2. The molecule has 0 aliphatic rings. The van der Waals surface area contributed by atoms with Gasteiger partial charge < -0.3 is 9.88 Å². The van der Waals surface area contributed by atoms with E-state index >= 15 is 0 Å². The van der Waals surface area contributed by atoms with Gasteiger partial charge in [0.1, 0.15) is 11.9 Å². The second-order valence-corrected chi connectivity index (χ2v) is 6.22. The third-order valence-electron chi connectivity index (χ3n) is 4.54. The van der Waals surface area contributed by atoms with Crippen LogP contribution >= 0.6 is 0 Å². The summed E-state index contributed by atoms with van der Waals surface area (Å²) in [4.78, 5) is 17.0. The standard InChI is InChI=1S/C21H22FN3O/c1-4-18(21(26)23-3)25-13-24-19(15-8-6-5-7-9-15)20(25)16-10-11-17(22)14(2)12-16/h5-13,18H,4H2,1-3H3,(H,23,26). The highest BCUT2D eigenvalue weighted by molar-refractivity contribution is 5.84. The maximum Gasteiger partial charge on any atom is 0.242 e. The number of hydrogen-bond acceptors (Lipinski definition) is 2. The lowest BCUT2D eigenvalue weighted by Crippen LogP contribution is -2.29. The van der Waals surface area contributed by atoms with E-state index in [2.05, 4.69) is 10.3 Å². The van der Waals surface area contributed by atoms with Crippen molar-refractivity contribution in [2.45, 2.75) is 26.3 Å². The van der Waals surface area contributed by atoms with E-state index in [1.54, 1.807) is 32.4 Å². The van der Waals surface area contributed by atoms with Crippen molar-refractivity contribution in [1.29, 1.82) is 0 Å². The van der Waals surface area contributed by atoms with Crippen LogP contribution in [0.2, 0.25) is 0 Å². The Bertz CT molecular complexity index is 918. The summed E-state index contributed by atoms with van der Waals surface area (Å²) in [6.07, 6.45) is 2.32. The lowest BCUT2D eigenvalue weighted by molar-refractivity contribution is -0.123. The number of amides is 1. The zero-order valence-corrected chi connectivity index (χ0v) is 15.2. The van der Waals surface area contributed by atoms with Gasteiger partial charge in [-0.05, 0) is 37.1 Å². The third kappa shape index (κ3) is 3.25. The summed E-state index contributed by atoms with van der Waals surface area (Å²) in [5, 5.41) is 2.72. The summed E-state index contributed by atoms with van der Waals surface area (Å²) >= 11 is 0. The number of aryl methyl sites for hydroxylation is 1. The van der Waals surface area contributed by atoms with Gasteiger partial charge >= 0.3 is 0 Å². The van der Waals surface area contributed by atoms with Crippen LogP contribution in [0.25, 0.3) is 22.5 Å². The first-order valence-corrected chi connectivity index (χ1v) is 8.67. The van der Waals surface area contributed by atoms with Crippen LogP contribution in [0.4, 0.5) is 4.39 Å². The van der Waals surface area contributed by atoms with Gasteiger partial charge in [0.2, 0.25) is 5.91 Å². The number of hydrogen-bond donors (Lipinski definition) is 1. The molecule has 5 heteroatoms. The van der Waals surface area contributed by atoms with Gasteiger partial charge in [-0.2, -0.15) is 0 Å². The van der Waals surface area contributed by atoms with Gasteiger partial charge in [-0.3, -0.25) is 4.79 Å². The number of benzene rings is 2. The van der Waals surface area contributed by atoms with Crippen LogP contribution in [0.15, 0.2) is 54.9 Å². The first-order chi connectivity index (χ1) is 12.6. The maximum atomic E-state index is 13.8. The second-order valence-electron chi connectivity index (χ2n) is 6.22. The van der Waals surface area contributed by atoms with Gasteiger partial charge in [-0.1, -0.05) is 37.3 Å². The molecule has 0 spiro atoms. The molecule has 26 heavy (non-hydrogen) atoms. The van der Waals surface area contributed by atoms with Crippen molar-refractivity contribution < 1.29 is 9.18 Å². The molecule has 1 N–H and O–H groups in total. The fourth-order valence-electron chi connectivity index (χ4n) is 3.16. The molecule has 0 saturated carbocycles. The quantitative estimate of drug-likeness (QED) is 0.742. The van der Waals surface area contributed by atoms with Crippen molar-refractivity contribution in [3.05, 3.63) is 66.2 Å². The van der Waals surface area contributed by atoms with E-state index in [1.165, 1.54) is 6.07 Å². The van der Waals surface area contributed by atoms with E-state index in [1.807, 2.05) is 41.8 Å². The molecule has 0 fully saturated rings. The summed E-state index contributed by atoms with van der Waals surface area (Å²) in [6, 6.07) is 14.4. The number of carbonyl (C=O) groups excluding carboxylic acids is 1. The van der Waals surface area contributed by atoms with Crippen LogP contribution in [0.5, 0.6) is 0 Å². The molecule has 4 nitrogen and oxygen atoms in total. The molecule has 3 rings (SSSR count). The smallest absolute Gasteiger partial charge is 0.242 e. The number of imidazole rings is 1. The van der Waals surface area contributed by atoms with Crippen LogP contribution in [0.3, 0.4) is 0 Å². The van der Waals surface area contributed by atoms with Crippen molar-refractivity contribution in [3.8, 4) is 22.5 Å². The van der Waals surface area contributed by atoms with Crippen LogP contribution in [0.1, 0.15) is 24.9 Å². The van der Waals surface area contributed by atoms with Gasteiger partial charge in [-0.25, -0.2) is 9.37 Å². The minimum Gasteiger partial charge on any atom is -0.357 e. The molecule has 1 heterocycles. The Morgan fingerprint density at radius 3 is 2.54 bits per heavy atom. The van der Waals surface area contributed by atoms with Gasteiger partial charge in [0.05, 0.1) is 17.7 Å². The van der Waals surface area contributed by atoms with Gasteiger partial charge in [0.25, 0.3) is 0 Å². The highest BCUT2D eigenvalue weighted by Gasteiger charge is 2.24. The number of carbonyl (C=O) groups is 1. The van der Waals surface area contributed by atoms with Crippen molar-refractivity contribution in [3.63, 3.8) is 0 Å². The Morgan fingerprint density at radius 1 is 1.19 bits per heavy atom. The van der Waals surface area contributed by atoms with E-state index in [0.717, 1.165) is 22.5 Å². The fraction of sp³-hybridized carbons (Fsp3) is 0.238. The maximum absolute atomic E-state index is 13.8. The molecule has 0 aliphatic carbocycles. The predicted molar refractivity (Wildman–Crippen MR) is 101 cm³/mol. The highest BCUT2D eigenvalue weighted by Crippen LogP contribution is 2.34. The van der Waals surface area contributed by atoms with Crippen molar-refractivity contribution in [2.75, 3.05) is 7.05 Å². The third-order valence-corrected chi connectivity index (χ3v) is 4.54. The molecule has 0 saturated heterocycles. The number of halogens is 1. The molecule has 1 unspecified atom stereocenters. The van der Waals surface area contributed by atoms with Crippen LogP contribution in [-0.4, -0.2) is 22.5 Å². The fourth-order valence-corrected chi connectivity index (χ4v) is 3.16. The molecule has 1 aromatic heterocycles. The Balaban J connectivity index is 2.24. The summed E-state index contributed by atoms with van der Waals surface area (Å²) in [5.74, 6) is -0.330. The number of likely N-dealkylation sites (N-methyl/N-ethyl adjacent to an activating group) is 1. The first-order valence-electron chi connectivity index (χ1n) is 8.67. The van der Waals surface area contributed by atoms with E-state index in [4.69, 9.17) is 0 Å². The Hall–Kier alpha value is -2.95. The van der Waals surface area contributed by atoms with E-state index in [-0.39, 0.29) is 17.8 Å². The molecule has 1 atom stereocenters. The van der Waals surface area contributed by atoms with Crippen molar-refractivity contribution in [2.24, 2.45) is 0 Å². The zero-order chi connectivity index (χ0) is 18.7. The largest absolute Gasteiger partial charge is 0.357 e. The average Bonchev–Trinajstić information content (AvgIpc) is 3.10. The first kappa shape index (κ1) is 17.9. The molecular weight excluding hydrogens is 329 g/mol. The van der Waals surface area contributed by atoms with Crippen LogP contribution in [-0.2, 0) is 4.79 Å². The van der Waals surface area contributed by atoms with Gasteiger partial charge in [0, 0.05) is 18.2 Å². The summed E-state index contributed by atoms with van der Waals surface area (Å²) in [6.45, 7) is 3.69. The summed E-state index contributed by atoms with van der Waals surface area (Å²) in [5.41, 5.74) is 3.94. The lowest BCUT2D eigenvalue weighted by Gasteiger charge is -2.19. The molecule has 3 aromatic rings. The number of nitrogens with one attached hydrogen (secondary N) is 1. The molecular formula is C21H22FN3O. The number of rotatable bonds is 5. The Kier molecular flexibility index (Phi) is 5.16. The average molecular weight is 351 g/mol. The molecule has 0 radical (unpaired) electrons. The predicted octanol–water partition coefficient (Wildman–Crippen LogP) is 4.36. The molecule has 2 aromatic carbocycles. The minimum atomic E-state index is -0.384. The van der Waals surface area contributed by atoms with E-state index in [9.17, 15) is 9.18 Å². The normalized spacial score (nSPS) is 12.0. The monoisotopic (exact) mass is 351 g/mol. The zero-order valence-electron chi connectivity index (χ0n) is 15.2. The minimum absolute atomic E-state index is 0.0791. The second kappa shape index (κ2) is 7.52. The summed E-state index contributed by atoms with van der Waals surface area (Å²) in [7, 11) is 1.63. The molecule has 1 amide bonds. The van der Waals surface area contributed by atoms with Gasteiger partial charge in [-0.15, -0.1) is 0 Å². The van der Waals surface area contributed by atoms with Crippen molar-refractivity contribution >= 4 is 5.91 Å². The molecule has 0 bridgehead atoms. The highest BCUT2D eigenvalue weighted by atomic mass is 19.1. The summed E-state index contributed by atoms with van der Waals surface area (Å²) < 4.78 is 15.7. The number of aromatic nitrogens is 2. The van der Waals surface area contributed by atoms with Crippen molar-refractivity contribution in [1.82, 2.24) is 14.9 Å².